The lowest BCUT2D eigenvalue weighted by Crippen LogP contribution is -2.58. The number of hydrogen-bond donors (Lipinski definition) is 2. The van der Waals surface area contributed by atoms with Gasteiger partial charge in [-0.25, -0.2) is 8.42 Å². The molecule has 1 spiro atoms. The molecule has 5 nitrogen and oxygen atoms in total. The van der Waals surface area contributed by atoms with Crippen LogP contribution >= 0.6 is 0 Å². The van der Waals surface area contributed by atoms with E-state index in [0.717, 1.165) is 49.1 Å². The highest BCUT2D eigenvalue weighted by molar-refractivity contribution is 7.89. The number of rotatable bonds is 5. The highest BCUT2D eigenvalue weighted by Gasteiger charge is 2.51. The van der Waals surface area contributed by atoms with Crippen LogP contribution in [0.5, 0.6) is 5.75 Å². The van der Waals surface area contributed by atoms with Crippen molar-refractivity contribution in [3.63, 3.8) is 0 Å². The Morgan fingerprint density at radius 3 is 2.07 bits per heavy atom. The second-order valence-electron chi connectivity index (χ2n) is 7.71. The molecule has 1 unspecified atom stereocenters. The van der Waals surface area contributed by atoms with E-state index in [0.29, 0.717) is 13.0 Å². The quantitative estimate of drug-likeness (QED) is 0.766. The fourth-order valence-corrected chi connectivity index (χ4v) is 5.25. The van der Waals surface area contributed by atoms with Crippen LogP contribution < -0.4 is 14.8 Å². The molecule has 1 atom stereocenters. The molecule has 2 aliphatic rings. The van der Waals surface area contributed by atoms with Crippen LogP contribution in [0.1, 0.15) is 31.2 Å². The number of sulfonamides is 1. The molecule has 2 aromatic rings. The zero-order valence-corrected chi connectivity index (χ0v) is 16.3. The van der Waals surface area contributed by atoms with Gasteiger partial charge in [-0.15, -0.1) is 13.2 Å². The van der Waals surface area contributed by atoms with Gasteiger partial charge in [0.05, 0.1) is 10.4 Å². The standard InChI is InChI=1S/C20H21F3N2O3S/c21-20(22,23)28-16-6-8-17(9-7-16)29(26,27)25-19(15-4-2-1-3-5-15)13-12-18(10-11-18)24-14-19/h1-9,24-25H,10-14H2. The maximum atomic E-state index is 13.1. The lowest BCUT2D eigenvalue weighted by molar-refractivity contribution is -0.274. The lowest BCUT2D eigenvalue weighted by atomic mass is 9.81. The molecule has 2 fully saturated rings. The van der Waals surface area contributed by atoms with Crippen molar-refractivity contribution in [3.05, 3.63) is 60.2 Å². The van der Waals surface area contributed by atoms with Crippen LogP contribution in [0.25, 0.3) is 0 Å². The van der Waals surface area contributed by atoms with E-state index in [4.69, 9.17) is 0 Å². The van der Waals surface area contributed by atoms with Crippen molar-refractivity contribution < 1.29 is 26.3 Å². The van der Waals surface area contributed by atoms with E-state index in [1.54, 1.807) is 0 Å². The molecule has 0 bridgehead atoms. The van der Waals surface area contributed by atoms with Crippen LogP contribution in [0.4, 0.5) is 13.2 Å². The predicted molar refractivity (Wildman–Crippen MR) is 101 cm³/mol. The van der Waals surface area contributed by atoms with Crippen LogP contribution in [0.3, 0.4) is 0 Å². The van der Waals surface area contributed by atoms with E-state index in [9.17, 15) is 21.6 Å². The van der Waals surface area contributed by atoms with E-state index < -0.39 is 27.7 Å². The predicted octanol–water partition coefficient (Wildman–Crippen LogP) is 3.68. The summed E-state index contributed by atoms with van der Waals surface area (Å²) >= 11 is 0. The van der Waals surface area contributed by atoms with Gasteiger partial charge in [0.1, 0.15) is 5.75 Å². The highest BCUT2D eigenvalue weighted by Crippen LogP contribution is 2.46. The minimum atomic E-state index is -4.83. The van der Waals surface area contributed by atoms with Crippen LogP contribution in [0.15, 0.2) is 59.5 Å². The molecule has 4 rings (SSSR count). The van der Waals surface area contributed by atoms with E-state index in [2.05, 4.69) is 14.8 Å². The van der Waals surface area contributed by atoms with Crippen molar-refractivity contribution >= 4 is 10.0 Å². The van der Waals surface area contributed by atoms with Gasteiger partial charge in [-0.2, -0.15) is 4.72 Å². The maximum Gasteiger partial charge on any atom is 0.573 e. The van der Waals surface area contributed by atoms with Crippen molar-refractivity contribution in [2.75, 3.05) is 6.54 Å². The zero-order chi connectivity index (χ0) is 20.8. The average Bonchev–Trinajstić information content (AvgIpc) is 3.43. The van der Waals surface area contributed by atoms with Gasteiger partial charge >= 0.3 is 6.36 Å². The summed E-state index contributed by atoms with van der Waals surface area (Å²) in [6.07, 6.45) is -1.17. The van der Waals surface area contributed by atoms with Crippen molar-refractivity contribution in [1.82, 2.24) is 10.0 Å². The van der Waals surface area contributed by atoms with Crippen molar-refractivity contribution in [3.8, 4) is 5.75 Å². The zero-order valence-electron chi connectivity index (χ0n) is 15.5. The summed E-state index contributed by atoms with van der Waals surface area (Å²) in [5.41, 5.74) is 0.152. The molecule has 2 N–H and O–H groups in total. The Kier molecular flexibility index (Phi) is 4.87. The van der Waals surface area contributed by atoms with Crippen LogP contribution in [-0.4, -0.2) is 26.9 Å². The third-order valence-corrected chi connectivity index (χ3v) is 7.23. The Bertz CT molecular complexity index is 962. The summed E-state index contributed by atoms with van der Waals surface area (Å²) in [7, 11) is -3.97. The number of piperidine rings is 1. The molecule has 1 aliphatic carbocycles. The number of benzene rings is 2. The van der Waals surface area contributed by atoms with Gasteiger partial charge in [0.25, 0.3) is 0 Å². The Balaban J connectivity index is 1.60. The van der Waals surface area contributed by atoms with Gasteiger partial charge in [-0.3, -0.25) is 0 Å². The Labute approximate surface area is 167 Å². The van der Waals surface area contributed by atoms with E-state index >= 15 is 0 Å². The van der Waals surface area contributed by atoms with Crippen molar-refractivity contribution in [1.29, 1.82) is 0 Å². The van der Waals surface area contributed by atoms with Crippen molar-refractivity contribution in [2.45, 2.75) is 48.0 Å². The largest absolute Gasteiger partial charge is 0.573 e. The van der Waals surface area contributed by atoms with Crippen molar-refractivity contribution in [2.24, 2.45) is 0 Å². The minimum absolute atomic E-state index is 0.117. The topological polar surface area (TPSA) is 67.4 Å². The molecule has 0 aromatic heterocycles. The summed E-state index contributed by atoms with van der Waals surface area (Å²) in [6, 6.07) is 13.6. The van der Waals surface area contributed by atoms with E-state index in [-0.39, 0.29) is 10.4 Å². The Hall–Kier alpha value is -2.10. The van der Waals surface area contributed by atoms with Crippen LogP contribution in [-0.2, 0) is 15.6 Å². The van der Waals surface area contributed by atoms with Gasteiger partial charge in [0.15, 0.2) is 0 Å². The maximum absolute atomic E-state index is 13.1. The first-order chi connectivity index (χ1) is 13.6. The molecule has 156 valence electrons. The summed E-state index contributed by atoms with van der Waals surface area (Å²) in [6.45, 7) is 0.450. The molecular weight excluding hydrogens is 405 g/mol. The Morgan fingerprint density at radius 1 is 0.931 bits per heavy atom. The SMILES string of the molecule is O=S(=O)(NC1(c2ccccc2)CCC2(CC2)NC1)c1ccc(OC(F)(F)F)cc1. The molecule has 2 aromatic carbocycles. The summed E-state index contributed by atoms with van der Waals surface area (Å²) in [4.78, 5) is -0.117. The molecule has 1 saturated carbocycles. The fourth-order valence-electron chi connectivity index (χ4n) is 3.83. The minimum Gasteiger partial charge on any atom is -0.406 e. The summed E-state index contributed by atoms with van der Waals surface area (Å²) in [5.74, 6) is -0.468. The van der Waals surface area contributed by atoms with Gasteiger partial charge in [0.2, 0.25) is 10.0 Å². The number of ether oxygens (including phenoxy) is 1. The first kappa shape index (κ1) is 20.2. The monoisotopic (exact) mass is 426 g/mol. The molecular formula is C20H21F3N2O3S. The highest BCUT2D eigenvalue weighted by atomic mass is 32.2. The summed E-state index contributed by atoms with van der Waals surface area (Å²) in [5, 5.41) is 3.50. The third-order valence-electron chi connectivity index (χ3n) is 5.67. The molecule has 1 heterocycles. The first-order valence-corrected chi connectivity index (χ1v) is 10.8. The number of nitrogens with one attached hydrogen (secondary N) is 2. The molecule has 29 heavy (non-hydrogen) atoms. The van der Waals surface area contributed by atoms with E-state index in [1.165, 1.54) is 0 Å². The Morgan fingerprint density at radius 2 is 1.55 bits per heavy atom. The fraction of sp³-hybridized carbons (Fsp3) is 0.400. The number of alkyl halides is 3. The average molecular weight is 426 g/mol. The second-order valence-corrected chi connectivity index (χ2v) is 9.39. The molecule has 0 radical (unpaired) electrons. The third kappa shape index (κ3) is 4.41. The molecule has 9 heteroatoms. The normalized spacial score (nSPS) is 23.7. The molecule has 1 aliphatic heterocycles. The van der Waals surface area contributed by atoms with Gasteiger partial charge in [0, 0.05) is 12.1 Å². The van der Waals surface area contributed by atoms with Crippen LogP contribution in [0.2, 0.25) is 0 Å². The van der Waals surface area contributed by atoms with E-state index in [1.807, 2.05) is 30.3 Å². The summed E-state index contributed by atoms with van der Waals surface area (Å²) < 4.78 is 69.7. The molecule has 0 amide bonds. The van der Waals surface area contributed by atoms with Gasteiger partial charge in [-0.1, -0.05) is 30.3 Å². The van der Waals surface area contributed by atoms with Gasteiger partial charge < -0.3 is 10.1 Å². The number of hydrogen-bond acceptors (Lipinski definition) is 4. The smallest absolute Gasteiger partial charge is 0.406 e. The first-order valence-electron chi connectivity index (χ1n) is 9.32. The number of halogens is 3. The molecule has 1 saturated heterocycles. The van der Waals surface area contributed by atoms with Crippen LogP contribution in [0, 0.1) is 0 Å². The van der Waals surface area contributed by atoms with Gasteiger partial charge in [-0.05, 0) is 55.5 Å². The second kappa shape index (κ2) is 7.00. The lowest BCUT2D eigenvalue weighted by Gasteiger charge is -2.42.